The Morgan fingerprint density at radius 3 is 2.22 bits per heavy atom. The van der Waals surface area contributed by atoms with E-state index in [2.05, 4.69) is 10.6 Å². The second-order valence-electron chi connectivity index (χ2n) is 6.16. The summed E-state index contributed by atoms with van der Waals surface area (Å²) < 4.78 is 0. The van der Waals surface area contributed by atoms with Crippen molar-refractivity contribution >= 4 is 23.2 Å². The molecule has 0 aliphatic heterocycles. The second-order valence-corrected chi connectivity index (χ2v) is 6.16. The highest BCUT2D eigenvalue weighted by Gasteiger charge is 2.19. The monoisotopic (exact) mass is 370 g/mol. The molecule has 2 aromatic carbocycles. The molecular formula is C19H22N4O4. The maximum Gasteiger partial charge on any atom is 0.269 e. The Kier molecular flexibility index (Phi) is 6.62. The van der Waals surface area contributed by atoms with Crippen molar-refractivity contribution in [2.45, 2.75) is 19.5 Å². The first kappa shape index (κ1) is 20.1. The lowest BCUT2D eigenvalue weighted by molar-refractivity contribution is -0.384. The van der Waals surface area contributed by atoms with Gasteiger partial charge < -0.3 is 10.6 Å². The molecule has 0 heterocycles. The average Bonchev–Trinajstić information content (AvgIpc) is 2.67. The minimum atomic E-state index is -0.489. The van der Waals surface area contributed by atoms with E-state index < -0.39 is 11.0 Å². The number of hydrogen-bond donors (Lipinski definition) is 2. The molecule has 0 aliphatic carbocycles. The standard InChI is InChI=1S/C19H22N4O4/c1-13(18(24)21-16-8-10-17(11-9-16)23(26)27)22(3)12-14-4-6-15(7-5-14)19(25)20-2/h4-11,13H,12H2,1-3H3,(H,20,25)(H,21,24). The molecule has 0 spiro atoms. The topological polar surface area (TPSA) is 105 Å². The van der Waals surface area contributed by atoms with E-state index in [1.54, 1.807) is 26.1 Å². The molecule has 2 aromatic rings. The van der Waals surface area contributed by atoms with E-state index in [9.17, 15) is 19.7 Å². The number of carbonyl (C=O) groups excluding carboxylic acids is 2. The van der Waals surface area contributed by atoms with Gasteiger partial charge in [-0.2, -0.15) is 0 Å². The van der Waals surface area contributed by atoms with Crippen LogP contribution in [0.25, 0.3) is 0 Å². The van der Waals surface area contributed by atoms with Crippen LogP contribution in [-0.4, -0.2) is 41.8 Å². The fourth-order valence-corrected chi connectivity index (χ4v) is 2.44. The summed E-state index contributed by atoms with van der Waals surface area (Å²) in [6, 6.07) is 12.5. The number of non-ortho nitro benzene ring substituents is 1. The first-order valence-corrected chi connectivity index (χ1v) is 8.38. The lowest BCUT2D eigenvalue weighted by Crippen LogP contribution is -2.39. The second kappa shape index (κ2) is 8.91. The third-order valence-corrected chi connectivity index (χ3v) is 4.26. The van der Waals surface area contributed by atoms with Crippen molar-refractivity contribution in [1.82, 2.24) is 10.2 Å². The smallest absolute Gasteiger partial charge is 0.269 e. The van der Waals surface area contributed by atoms with Gasteiger partial charge in [-0.15, -0.1) is 0 Å². The van der Waals surface area contributed by atoms with Crippen molar-refractivity contribution in [3.05, 3.63) is 69.8 Å². The average molecular weight is 370 g/mol. The third-order valence-electron chi connectivity index (χ3n) is 4.26. The van der Waals surface area contributed by atoms with Crippen LogP contribution in [0.2, 0.25) is 0 Å². The predicted molar refractivity (Wildman–Crippen MR) is 102 cm³/mol. The van der Waals surface area contributed by atoms with Crippen LogP contribution >= 0.6 is 0 Å². The molecule has 1 unspecified atom stereocenters. The fourth-order valence-electron chi connectivity index (χ4n) is 2.44. The molecule has 0 aromatic heterocycles. The van der Waals surface area contributed by atoms with Gasteiger partial charge in [0.1, 0.15) is 0 Å². The van der Waals surface area contributed by atoms with E-state index in [1.807, 2.05) is 24.1 Å². The lowest BCUT2D eigenvalue weighted by atomic mass is 10.1. The zero-order chi connectivity index (χ0) is 20.0. The van der Waals surface area contributed by atoms with E-state index in [1.165, 1.54) is 24.3 Å². The number of anilines is 1. The minimum absolute atomic E-state index is 0.0293. The Labute approximate surface area is 157 Å². The Bertz CT molecular complexity index is 819. The van der Waals surface area contributed by atoms with E-state index in [0.717, 1.165) is 5.56 Å². The molecule has 0 bridgehead atoms. The number of rotatable bonds is 7. The maximum absolute atomic E-state index is 12.4. The van der Waals surface area contributed by atoms with Crippen LogP contribution in [0.3, 0.4) is 0 Å². The highest BCUT2D eigenvalue weighted by atomic mass is 16.6. The van der Waals surface area contributed by atoms with Crippen molar-refractivity contribution in [2.75, 3.05) is 19.4 Å². The van der Waals surface area contributed by atoms with Crippen molar-refractivity contribution in [1.29, 1.82) is 0 Å². The molecular weight excluding hydrogens is 348 g/mol. The SMILES string of the molecule is CNC(=O)c1ccc(CN(C)C(C)C(=O)Nc2ccc([N+](=O)[O-])cc2)cc1. The van der Waals surface area contributed by atoms with Gasteiger partial charge in [0, 0.05) is 37.0 Å². The number of nitrogens with one attached hydrogen (secondary N) is 2. The quantitative estimate of drug-likeness (QED) is 0.575. The molecule has 142 valence electrons. The van der Waals surface area contributed by atoms with Crippen molar-refractivity contribution in [2.24, 2.45) is 0 Å². The van der Waals surface area contributed by atoms with E-state index >= 15 is 0 Å². The van der Waals surface area contributed by atoms with Gasteiger partial charge in [0.15, 0.2) is 0 Å². The van der Waals surface area contributed by atoms with Crippen molar-refractivity contribution < 1.29 is 14.5 Å². The molecule has 0 aliphatic rings. The molecule has 1 atom stereocenters. The van der Waals surface area contributed by atoms with Crippen LogP contribution in [0.5, 0.6) is 0 Å². The van der Waals surface area contributed by atoms with Crippen LogP contribution in [0.4, 0.5) is 11.4 Å². The van der Waals surface area contributed by atoms with Gasteiger partial charge >= 0.3 is 0 Å². The summed E-state index contributed by atoms with van der Waals surface area (Å²) in [7, 11) is 3.40. The number of nitrogens with zero attached hydrogens (tertiary/aromatic N) is 2. The predicted octanol–water partition coefficient (Wildman–Crippen LogP) is 2.41. The first-order valence-electron chi connectivity index (χ1n) is 8.38. The molecule has 8 heteroatoms. The molecule has 0 saturated carbocycles. The van der Waals surface area contributed by atoms with E-state index in [-0.39, 0.29) is 17.5 Å². The molecule has 2 rings (SSSR count). The number of likely N-dealkylation sites (N-methyl/N-ethyl adjacent to an activating group) is 1. The molecule has 8 nitrogen and oxygen atoms in total. The summed E-state index contributed by atoms with van der Waals surface area (Å²) in [4.78, 5) is 36.0. The van der Waals surface area contributed by atoms with Gasteiger partial charge in [0.05, 0.1) is 11.0 Å². The number of hydrogen-bond acceptors (Lipinski definition) is 5. The lowest BCUT2D eigenvalue weighted by Gasteiger charge is -2.24. The number of nitro groups is 1. The number of nitro benzene ring substituents is 1. The summed E-state index contributed by atoms with van der Waals surface area (Å²) in [6.45, 7) is 2.31. The largest absolute Gasteiger partial charge is 0.355 e. The van der Waals surface area contributed by atoms with Gasteiger partial charge in [-0.3, -0.25) is 24.6 Å². The summed E-state index contributed by atoms with van der Waals surface area (Å²) >= 11 is 0. The molecule has 0 radical (unpaired) electrons. The third kappa shape index (κ3) is 5.35. The van der Waals surface area contributed by atoms with Gasteiger partial charge in [-0.05, 0) is 43.8 Å². The highest BCUT2D eigenvalue weighted by molar-refractivity contribution is 5.95. The zero-order valence-corrected chi connectivity index (χ0v) is 15.4. The fraction of sp³-hybridized carbons (Fsp3) is 0.263. The number of benzene rings is 2. The molecule has 2 N–H and O–H groups in total. The molecule has 2 amide bonds. The maximum atomic E-state index is 12.4. The molecule has 27 heavy (non-hydrogen) atoms. The van der Waals surface area contributed by atoms with Crippen molar-refractivity contribution in [3.8, 4) is 0 Å². The summed E-state index contributed by atoms with van der Waals surface area (Å²) in [5.74, 6) is -0.362. The van der Waals surface area contributed by atoms with Crippen LogP contribution < -0.4 is 10.6 Å². The molecule has 0 saturated heterocycles. The Hall–Kier alpha value is -3.26. The highest BCUT2D eigenvalue weighted by Crippen LogP contribution is 2.16. The zero-order valence-electron chi connectivity index (χ0n) is 15.4. The van der Waals surface area contributed by atoms with E-state index in [4.69, 9.17) is 0 Å². The van der Waals surface area contributed by atoms with Crippen LogP contribution in [0.1, 0.15) is 22.8 Å². The van der Waals surface area contributed by atoms with Gasteiger partial charge in [-0.1, -0.05) is 12.1 Å². The Morgan fingerprint density at radius 2 is 1.70 bits per heavy atom. The molecule has 0 fully saturated rings. The first-order chi connectivity index (χ1) is 12.8. The Morgan fingerprint density at radius 1 is 1.11 bits per heavy atom. The minimum Gasteiger partial charge on any atom is -0.355 e. The van der Waals surface area contributed by atoms with Gasteiger partial charge in [0.25, 0.3) is 11.6 Å². The van der Waals surface area contributed by atoms with Crippen LogP contribution in [-0.2, 0) is 11.3 Å². The number of carbonyl (C=O) groups is 2. The van der Waals surface area contributed by atoms with Crippen molar-refractivity contribution in [3.63, 3.8) is 0 Å². The van der Waals surface area contributed by atoms with Gasteiger partial charge in [-0.25, -0.2) is 0 Å². The number of amides is 2. The van der Waals surface area contributed by atoms with Crippen LogP contribution in [0, 0.1) is 10.1 Å². The van der Waals surface area contributed by atoms with Crippen LogP contribution in [0.15, 0.2) is 48.5 Å². The normalized spacial score (nSPS) is 11.7. The van der Waals surface area contributed by atoms with Gasteiger partial charge in [0.2, 0.25) is 5.91 Å². The summed E-state index contributed by atoms with van der Waals surface area (Å²) in [5.41, 5.74) is 2.02. The Balaban J connectivity index is 1.95. The van der Waals surface area contributed by atoms with E-state index in [0.29, 0.717) is 17.8 Å². The summed E-state index contributed by atoms with van der Waals surface area (Å²) in [5, 5.41) is 16.0. The summed E-state index contributed by atoms with van der Waals surface area (Å²) in [6.07, 6.45) is 0.